The largest absolute Gasteiger partial charge is 0.340 e. The second-order valence-electron chi connectivity index (χ2n) is 5.37. The van der Waals surface area contributed by atoms with Crippen molar-refractivity contribution >= 4 is 22.5 Å². The van der Waals surface area contributed by atoms with E-state index in [9.17, 15) is 9.59 Å². The van der Waals surface area contributed by atoms with Crippen LogP contribution in [0.3, 0.4) is 0 Å². The van der Waals surface area contributed by atoms with Gasteiger partial charge in [-0.25, -0.2) is 14.7 Å². The first-order valence-corrected chi connectivity index (χ1v) is 8.50. The van der Waals surface area contributed by atoms with Crippen LogP contribution in [0.25, 0.3) is 0 Å². The topological polar surface area (TPSA) is 128 Å². The van der Waals surface area contributed by atoms with Crippen molar-refractivity contribution in [2.75, 3.05) is 5.32 Å². The van der Waals surface area contributed by atoms with Gasteiger partial charge in [-0.3, -0.25) is 10.3 Å². The number of anilines is 1. The SMILES string of the molecule is C[C@H](NC(=O)Nc1nnc(CCc2ccccc2)s1)c1n[nH]c(=O)[nH]1. The summed E-state index contributed by atoms with van der Waals surface area (Å²) in [4.78, 5) is 25.5. The lowest BCUT2D eigenvalue weighted by Crippen LogP contribution is -2.31. The average Bonchev–Trinajstić information content (AvgIpc) is 3.23. The van der Waals surface area contributed by atoms with Crippen molar-refractivity contribution in [3.63, 3.8) is 0 Å². The molecule has 0 fully saturated rings. The molecule has 2 aromatic heterocycles. The molecule has 2 amide bonds. The lowest BCUT2D eigenvalue weighted by Gasteiger charge is -2.10. The monoisotopic (exact) mass is 359 g/mol. The Morgan fingerprint density at radius 2 is 2.04 bits per heavy atom. The van der Waals surface area contributed by atoms with Gasteiger partial charge < -0.3 is 5.32 Å². The van der Waals surface area contributed by atoms with Crippen molar-refractivity contribution in [1.82, 2.24) is 30.7 Å². The highest BCUT2D eigenvalue weighted by molar-refractivity contribution is 7.15. The minimum atomic E-state index is -0.454. The summed E-state index contributed by atoms with van der Waals surface area (Å²) in [5.41, 5.74) is 0.808. The number of amides is 2. The van der Waals surface area contributed by atoms with Gasteiger partial charge in [0.15, 0.2) is 5.82 Å². The molecule has 0 radical (unpaired) electrons. The van der Waals surface area contributed by atoms with Crippen LogP contribution in [0.5, 0.6) is 0 Å². The van der Waals surface area contributed by atoms with Crippen LogP contribution in [0.15, 0.2) is 35.1 Å². The molecule has 0 bridgehead atoms. The first-order valence-electron chi connectivity index (χ1n) is 7.68. The summed E-state index contributed by atoms with van der Waals surface area (Å²) in [5.74, 6) is 0.348. The standard InChI is InChI=1S/C15H17N7O2S/c1-9(12-17-14(24)21-20-12)16-13(23)18-15-22-19-11(25-15)8-7-10-5-3-2-4-6-10/h2-6,9H,7-8H2,1H3,(H2,16,18,22,23)(H2,17,20,21,24)/t9-/m0/s1. The Labute approximate surface area is 146 Å². The van der Waals surface area contributed by atoms with Gasteiger partial charge in [0.05, 0.1) is 6.04 Å². The molecule has 0 aliphatic carbocycles. The van der Waals surface area contributed by atoms with Gasteiger partial charge in [-0.2, -0.15) is 5.10 Å². The summed E-state index contributed by atoms with van der Waals surface area (Å²) in [7, 11) is 0. The predicted molar refractivity (Wildman–Crippen MR) is 93.5 cm³/mol. The number of rotatable bonds is 6. The fourth-order valence-corrected chi connectivity index (χ4v) is 2.92. The zero-order valence-corrected chi connectivity index (χ0v) is 14.3. The number of hydrogen-bond donors (Lipinski definition) is 4. The summed E-state index contributed by atoms with van der Waals surface area (Å²) >= 11 is 1.33. The summed E-state index contributed by atoms with van der Waals surface area (Å²) in [6.45, 7) is 1.71. The summed E-state index contributed by atoms with van der Waals surface area (Å²) in [6.07, 6.45) is 1.63. The van der Waals surface area contributed by atoms with Gasteiger partial charge in [-0.15, -0.1) is 10.2 Å². The van der Waals surface area contributed by atoms with Gasteiger partial charge in [-0.1, -0.05) is 41.7 Å². The number of hydrogen-bond acceptors (Lipinski definition) is 6. The third-order valence-electron chi connectivity index (χ3n) is 3.43. The van der Waals surface area contributed by atoms with Crippen molar-refractivity contribution in [1.29, 1.82) is 0 Å². The maximum Gasteiger partial charge on any atom is 0.340 e. The van der Waals surface area contributed by atoms with Crippen LogP contribution in [0, 0.1) is 0 Å². The van der Waals surface area contributed by atoms with E-state index in [2.05, 4.69) is 48.1 Å². The molecule has 0 saturated carbocycles. The average molecular weight is 359 g/mol. The number of benzene rings is 1. The van der Waals surface area contributed by atoms with E-state index < -0.39 is 17.8 Å². The third kappa shape index (κ3) is 4.73. The second kappa shape index (κ2) is 7.71. The summed E-state index contributed by atoms with van der Waals surface area (Å²) in [6, 6.07) is 9.21. The van der Waals surface area contributed by atoms with Gasteiger partial charge in [0, 0.05) is 6.42 Å². The Bertz CT molecular complexity index is 886. The molecule has 0 saturated heterocycles. The number of aryl methyl sites for hydroxylation is 2. The van der Waals surface area contributed by atoms with E-state index in [-0.39, 0.29) is 0 Å². The van der Waals surface area contributed by atoms with Crippen molar-refractivity contribution in [3.05, 3.63) is 57.2 Å². The van der Waals surface area contributed by atoms with E-state index in [1.807, 2.05) is 18.2 Å². The van der Waals surface area contributed by atoms with Crippen LogP contribution in [0.4, 0.5) is 9.93 Å². The molecule has 4 N–H and O–H groups in total. The fourth-order valence-electron chi connectivity index (χ4n) is 2.19. The maximum absolute atomic E-state index is 12.0. The van der Waals surface area contributed by atoms with Crippen molar-refractivity contribution < 1.29 is 4.79 Å². The molecule has 0 aliphatic rings. The minimum absolute atomic E-state index is 0.348. The highest BCUT2D eigenvalue weighted by Gasteiger charge is 2.14. The van der Waals surface area contributed by atoms with Crippen LogP contribution in [-0.4, -0.2) is 31.4 Å². The fraction of sp³-hybridized carbons (Fsp3) is 0.267. The number of H-pyrrole nitrogens is 2. The lowest BCUT2D eigenvalue weighted by molar-refractivity contribution is 0.249. The first kappa shape index (κ1) is 16.8. The molecular formula is C15H17N7O2S. The van der Waals surface area contributed by atoms with E-state index >= 15 is 0 Å². The smallest absolute Gasteiger partial charge is 0.328 e. The molecule has 25 heavy (non-hydrogen) atoms. The van der Waals surface area contributed by atoms with Gasteiger partial charge in [-0.05, 0) is 18.9 Å². The number of nitrogens with one attached hydrogen (secondary N) is 4. The Hall–Kier alpha value is -3.01. The van der Waals surface area contributed by atoms with E-state index in [1.54, 1.807) is 6.92 Å². The molecule has 2 heterocycles. The number of aromatic amines is 2. The van der Waals surface area contributed by atoms with Crippen molar-refractivity contribution in [2.24, 2.45) is 0 Å². The molecule has 0 spiro atoms. The highest BCUT2D eigenvalue weighted by Crippen LogP contribution is 2.17. The molecule has 0 aliphatic heterocycles. The quantitative estimate of drug-likeness (QED) is 0.531. The molecule has 9 nitrogen and oxygen atoms in total. The van der Waals surface area contributed by atoms with E-state index in [4.69, 9.17) is 0 Å². The van der Waals surface area contributed by atoms with Gasteiger partial charge in [0.1, 0.15) is 5.01 Å². The van der Waals surface area contributed by atoms with Gasteiger partial charge in [0.25, 0.3) is 0 Å². The van der Waals surface area contributed by atoms with E-state index in [0.717, 1.165) is 17.8 Å². The summed E-state index contributed by atoms with van der Waals surface area (Å²) in [5, 5.41) is 20.6. The maximum atomic E-state index is 12.0. The molecule has 3 rings (SSSR count). The molecular weight excluding hydrogens is 342 g/mol. The normalized spacial score (nSPS) is 11.9. The molecule has 0 unspecified atom stereocenters. The number of carbonyl (C=O) groups is 1. The molecule has 1 aromatic carbocycles. The van der Waals surface area contributed by atoms with Gasteiger partial charge in [0.2, 0.25) is 5.13 Å². The molecule has 10 heteroatoms. The Kier molecular flexibility index (Phi) is 5.19. The third-order valence-corrected chi connectivity index (χ3v) is 4.33. The number of urea groups is 1. The predicted octanol–water partition coefficient (Wildman–Crippen LogP) is 1.62. The Morgan fingerprint density at radius 3 is 2.76 bits per heavy atom. The molecule has 130 valence electrons. The van der Waals surface area contributed by atoms with E-state index in [0.29, 0.717) is 11.0 Å². The zero-order chi connectivity index (χ0) is 17.6. The number of nitrogens with zero attached hydrogens (tertiary/aromatic N) is 3. The van der Waals surface area contributed by atoms with Crippen LogP contribution < -0.4 is 16.3 Å². The Morgan fingerprint density at radius 1 is 1.24 bits per heavy atom. The minimum Gasteiger partial charge on any atom is -0.328 e. The molecule has 1 atom stereocenters. The summed E-state index contributed by atoms with van der Waals surface area (Å²) < 4.78 is 0. The van der Waals surface area contributed by atoms with Crippen LogP contribution >= 0.6 is 11.3 Å². The number of aromatic nitrogens is 5. The van der Waals surface area contributed by atoms with Gasteiger partial charge >= 0.3 is 11.7 Å². The van der Waals surface area contributed by atoms with E-state index in [1.165, 1.54) is 16.9 Å². The second-order valence-corrected chi connectivity index (χ2v) is 6.43. The van der Waals surface area contributed by atoms with Crippen molar-refractivity contribution in [3.8, 4) is 0 Å². The number of carbonyl (C=O) groups excluding carboxylic acids is 1. The van der Waals surface area contributed by atoms with Crippen LogP contribution in [-0.2, 0) is 12.8 Å². The van der Waals surface area contributed by atoms with Crippen LogP contribution in [0.1, 0.15) is 29.4 Å². The Balaban J connectivity index is 1.50. The van der Waals surface area contributed by atoms with Crippen molar-refractivity contribution in [2.45, 2.75) is 25.8 Å². The lowest BCUT2D eigenvalue weighted by atomic mass is 10.1. The zero-order valence-electron chi connectivity index (χ0n) is 13.4. The highest BCUT2D eigenvalue weighted by atomic mass is 32.1. The van der Waals surface area contributed by atoms with Crippen LogP contribution in [0.2, 0.25) is 0 Å². The molecule has 3 aromatic rings. The first-order chi connectivity index (χ1) is 12.1.